The number of nitrogens with one attached hydrogen (secondary N) is 2. The fraction of sp³-hybridized carbons (Fsp3) is 0.316. The summed E-state index contributed by atoms with van der Waals surface area (Å²) in [6.07, 6.45) is 0.815. The second-order valence-corrected chi connectivity index (χ2v) is 7.84. The van der Waals surface area contributed by atoms with Crippen LogP contribution in [0.25, 0.3) is 0 Å². The van der Waals surface area contributed by atoms with E-state index in [0.717, 1.165) is 6.07 Å². The van der Waals surface area contributed by atoms with E-state index in [2.05, 4.69) is 10.0 Å². The second kappa shape index (κ2) is 9.38. The lowest BCUT2D eigenvalue weighted by Crippen LogP contribution is -2.17. The summed E-state index contributed by atoms with van der Waals surface area (Å²) in [4.78, 5) is 11.1. The molecular weight excluding hydrogens is 368 g/mol. The molecule has 8 heteroatoms. The number of rotatable bonds is 10. The molecule has 0 bridgehead atoms. The zero-order valence-electron chi connectivity index (χ0n) is 15.3. The molecule has 0 heterocycles. The van der Waals surface area contributed by atoms with E-state index in [1.54, 1.807) is 30.3 Å². The van der Waals surface area contributed by atoms with Crippen molar-refractivity contribution in [1.29, 1.82) is 0 Å². The van der Waals surface area contributed by atoms with Crippen LogP contribution in [-0.2, 0) is 14.8 Å². The fourth-order valence-corrected chi connectivity index (χ4v) is 3.62. The Morgan fingerprint density at radius 1 is 1.15 bits per heavy atom. The maximum atomic E-state index is 12.8. The molecule has 0 radical (unpaired) electrons. The van der Waals surface area contributed by atoms with Gasteiger partial charge in [-0.15, -0.1) is 0 Å². The number of carboxylic acids is 1. The third-order valence-corrected chi connectivity index (χ3v) is 5.05. The van der Waals surface area contributed by atoms with Gasteiger partial charge in [0, 0.05) is 18.8 Å². The average Bonchev–Trinajstić information content (AvgIpc) is 2.61. The van der Waals surface area contributed by atoms with Crippen LogP contribution in [-0.4, -0.2) is 38.7 Å². The number of anilines is 2. The van der Waals surface area contributed by atoms with Gasteiger partial charge in [-0.25, -0.2) is 13.2 Å². The molecule has 0 spiro atoms. The summed E-state index contributed by atoms with van der Waals surface area (Å²) in [5.41, 5.74) is 0.639. The SMILES string of the molecule is CC(C)OCCCNc1ccc(C(=O)O)cc1S(=O)(=O)Nc1ccccc1. The van der Waals surface area contributed by atoms with Crippen molar-refractivity contribution in [2.24, 2.45) is 0 Å². The van der Waals surface area contributed by atoms with Crippen molar-refractivity contribution in [3.05, 3.63) is 54.1 Å². The number of sulfonamides is 1. The van der Waals surface area contributed by atoms with Crippen LogP contribution in [0, 0.1) is 0 Å². The van der Waals surface area contributed by atoms with Crippen molar-refractivity contribution in [2.45, 2.75) is 31.3 Å². The van der Waals surface area contributed by atoms with Gasteiger partial charge in [0.25, 0.3) is 10.0 Å². The fourth-order valence-electron chi connectivity index (χ4n) is 2.35. The van der Waals surface area contributed by atoms with E-state index < -0.39 is 16.0 Å². The molecule has 0 amide bonds. The van der Waals surface area contributed by atoms with Gasteiger partial charge in [0.15, 0.2) is 0 Å². The van der Waals surface area contributed by atoms with E-state index in [-0.39, 0.29) is 16.6 Å². The monoisotopic (exact) mass is 392 g/mol. The van der Waals surface area contributed by atoms with Crippen LogP contribution in [0.4, 0.5) is 11.4 Å². The summed E-state index contributed by atoms with van der Waals surface area (Å²) in [7, 11) is -3.96. The number of hydrogen-bond donors (Lipinski definition) is 3. The molecule has 0 atom stereocenters. The zero-order valence-corrected chi connectivity index (χ0v) is 16.1. The normalized spacial score (nSPS) is 11.4. The van der Waals surface area contributed by atoms with Crippen molar-refractivity contribution in [1.82, 2.24) is 0 Å². The van der Waals surface area contributed by atoms with Gasteiger partial charge in [0.05, 0.1) is 17.4 Å². The van der Waals surface area contributed by atoms with E-state index >= 15 is 0 Å². The lowest BCUT2D eigenvalue weighted by atomic mass is 10.2. The number of carboxylic acid groups (broad SMARTS) is 1. The van der Waals surface area contributed by atoms with Gasteiger partial charge in [-0.2, -0.15) is 0 Å². The molecule has 0 aliphatic rings. The minimum Gasteiger partial charge on any atom is -0.478 e. The Morgan fingerprint density at radius 3 is 2.48 bits per heavy atom. The van der Waals surface area contributed by atoms with Gasteiger partial charge in [-0.1, -0.05) is 18.2 Å². The third kappa shape index (κ3) is 6.26. The van der Waals surface area contributed by atoms with Crippen LogP contribution in [0.15, 0.2) is 53.4 Å². The van der Waals surface area contributed by atoms with Gasteiger partial charge in [0.1, 0.15) is 4.90 Å². The van der Waals surface area contributed by atoms with E-state index in [1.807, 2.05) is 13.8 Å². The minimum absolute atomic E-state index is 0.0999. The smallest absolute Gasteiger partial charge is 0.335 e. The Balaban J connectivity index is 2.22. The molecular formula is C19H24N2O5S. The molecule has 2 rings (SSSR count). The van der Waals surface area contributed by atoms with Crippen molar-refractivity contribution >= 4 is 27.4 Å². The molecule has 0 aliphatic carbocycles. The highest BCUT2D eigenvalue weighted by Crippen LogP contribution is 2.25. The maximum Gasteiger partial charge on any atom is 0.335 e. The van der Waals surface area contributed by atoms with Crippen LogP contribution in [0.1, 0.15) is 30.6 Å². The number of aromatic carboxylic acids is 1. The first-order valence-corrected chi connectivity index (χ1v) is 10.1. The molecule has 0 saturated carbocycles. The quantitative estimate of drug-likeness (QED) is 0.535. The summed E-state index contributed by atoms with van der Waals surface area (Å²) in [6.45, 7) is 4.92. The average molecular weight is 392 g/mol. The maximum absolute atomic E-state index is 12.8. The predicted molar refractivity (Wildman–Crippen MR) is 105 cm³/mol. The molecule has 146 valence electrons. The van der Waals surface area contributed by atoms with Crippen molar-refractivity contribution in [2.75, 3.05) is 23.2 Å². The van der Waals surface area contributed by atoms with E-state index in [0.29, 0.717) is 30.9 Å². The summed E-state index contributed by atoms with van der Waals surface area (Å²) in [5.74, 6) is -1.19. The third-order valence-electron chi connectivity index (χ3n) is 3.63. The summed E-state index contributed by atoms with van der Waals surface area (Å²) < 4.78 is 33.5. The van der Waals surface area contributed by atoms with Crippen molar-refractivity contribution in [3.8, 4) is 0 Å². The molecule has 0 unspecified atom stereocenters. The van der Waals surface area contributed by atoms with Crippen LogP contribution >= 0.6 is 0 Å². The van der Waals surface area contributed by atoms with Crippen molar-refractivity contribution < 1.29 is 23.1 Å². The van der Waals surface area contributed by atoms with Crippen LogP contribution in [0.3, 0.4) is 0 Å². The highest BCUT2D eigenvalue weighted by atomic mass is 32.2. The number of hydrogen-bond acceptors (Lipinski definition) is 5. The first-order chi connectivity index (χ1) is 12.8. The number of para-hydroxylation sites is 1. The minimum atomic E-state index is -3.96. The first-order valence-electron chi connectivity index (χ1n) is 8.60. The van der Waals surface area contributed by atoms with Gasteiger partial charge in [-0.3, -0.25) is 4.72 Å². The van der Waals surface area contributed by atoms with E-state index in [9.17, 15) is 18.3 Å². The van der Waals surface area contributed by atoms with Gasteiger partial charge >= 0.3 is 5.97 Å². The highest BCUT2D eigenvalue weighted by molar-refractivity contribution is 7.92. The predicted octanol–water partition coefficient (Wildman–Crippen LogP) is 3.41. The molecule has 0 aromatic heterocycles. The number of ether oxygens (including phenoxy) is 1. The van der Waals surface area contributed by atoms with Crippen LogP contribution in [0.5, 0.6) is 0 Å². The Morgan fingerprint density at radius 2 is 1.85 bits per heavy atom. The molecule has 2 aromatic carbocycles. The van der Waals surface area contributed by atoms with E-state index in [1.165, 1.54) is 12.1 Å². The molecule has 27 heavy (non-hydrogen) atoms. The molecule has 7 nitrogen and oxygen atoms in total. The number of carbonyl (C=O) groups is 1. The lowest BCUT2D eigenvalue weighted by molar-refractivity contribution is 0.0696. The Bertz CT molecular complexity index is 867. The first kappa shape index (κ1) is 20.7. The second-order valence-electron chi connectivity index (χ2n) is 6.19. The molecule has 2 aromatic rings. The van der Waals surface area contributed by atoms with Gasteiger partial charge in [0.2, 0.25) is 0 Å². The standard InChI is InChI=1S/C19H24N2O5S/c1-14(2)26-12-6-11-20-17-10-9-15(19(22)23)13-18(17)27(24,25)21-16-7-4-3-5-8-16/h3-5,7-10,13-14,20-21H,6,11-12H2,1-2H3,(H,22,23). The molecule has 0 fully saturated rings. The molecule has 3 N–H and O–H groups in total. The lowest BCUT2D eigenvalue weighted by Gasteiger charge is -2.15. The highest BCUT2D eigenvalue weighted by Gasteiger charge is 2.21. The topological polar surface area (TPSA) is 105 Å². The van der Waals surface area contributed by atoms with Crippen LogP contribution in [0.2, 0.25) is 0 Å². The van der Waals surface area contributed by atoms with E-state index in [4.69, 9.17) is 4.74 Å². The Labute approximate surface area is 159 Å². The summed E-state index contributed by atoms with van der Waals surface area (Å²) in [6, 6.07) is 12.4. The van der Waals surface area contributed by atoms with Crippen molar-refractivity contribution in [3.63, 3.8) is 0 Å². The van der Waals surface area contributed by atoms with Gasteiger partial charge < -0.3 is 15.2 Å². The zero-order chi connectivity index (χ0) is 19.9. The summed E-state index contributed by atoms with van der Waals surface area (Å²) in [5, 5.41) is 12.3. The van der Waals surface area contributed by atoms with Gasteiger partial charge in [-0.05, 0) is 50.6 Å². The van der Waals surface area contributed by atoms with Crippen LogP contribution < -0.4 is 10.0 Å². The molecule has 0 aliphatic heterocycles. The number of benzene rings is 2. The Kier molecular flexibility index (Phi) is 7.20. The summed E-state index contributed by atoms with van der Waals surface area (Å²) >= 11 is 0. The largest absolute Gasteiger partial charge is 0.478 e. The molecule has 0 saturated heterocycles. The Hall–Kier alpha value is -2.58.